The number of carbonyl (C=O) groups excluding carboxylic acids is 2. The largest absolute Gasteiger partial charge is 0.469 e. The number of amides is 1. The Bertz CT molecular complexity index is 312. The molecule has 1 aromatic rings. The Morgan fingerprint density at radius 1 is 1.64 bits per heavy atom. The lowest BCUT2D eigenvalue weighted by atomic mass is 10.4. The van der Waals surface area contributed by atoms with Crippen LogP contribution in [0.1, 0.15) is 16.9 Å². The van der Waals surface area contributed by atoms with Gasteiger partial charge in [-0.1, -0.05) is 0 Å². The lowest BCUT2D eigenvalue weighted by Gasteiger charge is -2.00. The summed E-state index contributed by atoms with van der Waals surface area (Å²) in [7, 11) is 1.30. The van der Waals surface area contributed by atoms with Crippen LogP contribution in [0, 0.1) is 0 Å². The highest BCUT2D eigenvalue weighted by Crippen LogP contribution is 1.94. The first-order chi connectivity index (χ1) is 6.74. The molecule has 1 amide bonds. The molecule has 0 fully saturated rings. The van der Waals surface area contributed by atoms with Crippen LogP contribution in [0.4, 0.5) is 0 Å². The molecule has 1 aromatic heterocycles. The Hall–Kier alpha value is -1.50. The van der Waals surface area contributed by atoms with E-state index in [4.69, 9.17) is 0 Å². The summed E-state index contributed by atoms with van der Waals surface area (Å²) in [6.07, 6.45) is 1.53. The summed E-state index contributed by atoms with van der Waals surface area (Å²) >= 11 is 0.960. The molecule has 0 saturated heterocycles. The lowest BCUT2D eigenvalue weighted by molar-refractivity contribution is -0.140. The van der Waals surface area contributed by atoms with Gasteiger partial charge in [-0.25, -0.2) is 0 Å². The van der Waals surface area contributed by atoms with Gasteiger partial charge >= 0.3 is 5.97 Å². The van der Waals surface area contributed by atoms with Crippen molar-refractivity contribution in [2.45, 2.75) is 6.42 Å². The minimum atomic E-state index is -0.360. The number of aromatic nitrogens is 2. The highest BCUT2D eigenvalue weighted by Gasteiger charge is 2.08. The number of nitrogens with one attached hydrogen (secondary N) is 1. The van der Waals surface area contributed by atoms with Crippen molar-refractivity contribution in [3.8, 4) is 0 Å². The number of hydrogen-bond acceptors (Lipinski definition) is 6. The van der Waals surface area contributed by atoms with Crippen LogP contribution >= 0.6 is 11.7 Å². The van der Waals surface area contributed by atoms with E-state index in [1.54, 1.807) is 0 Å². The predicted molar refractivity (Wildman–Crippen MR) is 48.9 cm³/mol. The van der Waals surface area contributed by atoms with E-state index < -0.39 is 0 Å². The van der Waals surface area contributed by atoms with Crippen LogP contribution < -0.4 is 5.32 Å². The van der Waals surface area contributed by atoms with E-state index in [9.17, 15) is 9.59 Å². The summed E-state index contributed by atoms with van der Waals surface area (Å²) in [5.41, 5.74) is 0.264. The minimum absolute atomic E-state index is 0.153. The standard InChI is InChI=1S/C7H9N3O3S/c1-13-6(11)2-3-8-7(12)5-4-9-14-10-5/h4H,2-3H2,1H3,(H,8,12). The Morgan fingerprint density at radius 3 is 3.00 bits per heavy atom. The van der Waals surface area contributed by atoms with Gasteiger partial charge in [0.25, 0.3) is 5.91 Å². The second-order valence-corrected chi connectivity index (χ2v) is 2.93. The summed E-state index contributed by atoms with van der Waals surface area (Å²) in [4.78, 5) is 21.9. The van der Waals surface area contributed by atoms with E-state index in [-0.39, 0.29) is 30.5 Å². The average molecular weight is 215 g/mol. The second-order valence-electron chi connectivity index (χ2n) is 2.37. The van der Waals surface area contributed by atoms with Gasteiger partial charge in [0, 0.05) is 6.54 Å². The van der Waals surface area contributed by atoms with Gasteiger partial charge in [-0.05, 0) is 0 Å². The highest BCUT2D eigenvalue weighted by molar-refractivity contribution is 6.99. The fraction of sp³-hybridized carbons (Fsp3) is 0.429. The summed E-state index contributed by atoms with van der Waals surface area (Å²) < 4.78 is 11.8. The van der Waals surface area contributed by atoms with Crippen molar-refractivity contribution in [1.82, 2.24) is 14.1 Å². The van der Waals surface area contributed by atoms with Gasteiger partial charge in [-0.2, -0.15) is 8.75 Å². The molecule has 1 N–H and O–H groups in total. The number of carbonyl (C=O) groups is 2. The Labute approximate surface area is 84.6 Å². The molecule has 1 heterocycles. The van der Waals surface area contributed by atoms with Gasteiger partial charge in [0.15, 0.2) is 5.69 Å². The maximum atomic E-state index is 11.2. The first-order valence-corrected chi connectivity index (χ1v) is 4.59. The summed E-state index contributed by atoms with van der Waals surface area (Å²) in [5.74, 6) is -0.690. The topological polar surface area (TPSA) is 81.2 Å². The van der Waals surface area contributed by atoms with E-state index in [1.165, 1.54) is 13.3 Å². The molecular weight excluding hydrogens is 206 g/mol. The van der Waals surface area contributed by atoms with Crippen LogP contribution in [0.25, 0.3) is 0 Å². The molecule has 0 aliphatic rings. The molecule has 0 aromatic carbocycles. The van der Waals surface area contributed by atoms with Crippen molar-refractivity contribution < 1.29 is 14.3 Å². The molecule has 0 unspecified atom stereocenters. The summed E-state index contributed by atoms with van der Waals surface area (Å²) in [5, 5.41) is 2.51. The van der Waals surface area contributed by atoms with Crippen LogP contribution in [0.15, 0.2) is 6.20 Å². The molecule has 6 nitrogen and oxygen atoms in total. The number of esters is 1. The third-order valence-corrected chi connectivity index (χ3v) is 1.91. The molecule has 0 radical (unpaired) electrons. The quantitative estimate of drug-likeness (QED) is 0.705. The third-order valence-electron chi connectivity index (χ3n) is 1.44. The van der Waals surface area contributed by atoms with Crippen molar-refractivity contribution in [2.24, 2.45) is 0 Å². The molecule has 0 aliphatic carbocycles. The first kappa shape index (κ1) is 10.6. The van der Waals surface area contributed by atoms with Gasteiger partial charge in [0.1, 0.15) is 0 Å². The smallest absolute Gasteiger partial charge is 0.307 e. The van der Waals surface area contributed by atoms with Crippen molar-refractivity contribution >= 4 is 23.6 Å². The van der Waals surface area contributed by atoms with Gasteiger partial charge in [-0.3, -0.25) is 9.59 Å². The zero-order valence-corrected chi connectivity index (χ0v) is 8.34. The van der Waals surface area contributed by atoms with Crippen molar-refractivity contribution in [3.05, 3.63) is 11.9 Å². The molecule has 7 heteroatoms. The second kappa shape index (κ2) is 5.28. The first-order valence-electron chi connectivity index (χ1n) is 3.86. The van der Waals surface area contributed by atoms with E-state index in [1.807, 2.05) is 0 Å². The maximum absolute atomic E-state index is 11.2. The Kier molecular flexibility index (Phi) is 3.99. The van der Waals surface area contributed by atoms with Gasteiger partial charge in [-0.15, -0.1) is 0 Å². The number of hydrogen-bond donors (Lipinski definition) is 1. The SMILES string of the molecule is COC(=O)CCNC(=O)c1cnsn1. The fourth-order valence-corrected chi connectivity index (χ4v) is 1.15. The molecular formula is C7H9N3O3S. The molecule has 14 heavy (non-hydrogen) atoms. The number of nitrogens with zero attached hydrogens (tertiary/aromatic N) is 2. The number of ether oxygens (including phenoxy) is 1. The molecule has 0 spiro atoms. The molecule has 0 saturated carbocycles. The molecule has 0 aliphatic heterocycles. The van der Waals surface area contributed by atoms with Crippen LogP contribution in [-0.2, 0) is 9.53 Å². The van der Waals surface area contributed by atoms with Crippen molar-refractivity contribution in [2.75, 3.05) is 13.7 Å². The van der Waals surface area contributed by atoms with Crippen LogP contribution in [0.5, 0.6) is 0 Å². The summed E-state index contributed by atoms with van der Waals surface area (Å²) in [6, 6.07) is 0. The van der Waals surface area contributed by atoms with Gasteiger partial charge in [0.2, 0.25) is 0 Å². The van der Waals surface area contributed by atoms with Gasteiger partial charge < -0.3 is 10.1 Å². The summed E-state index contributed by atoms with van der Waals surface area (Å²) in [6.45, 7) is 0.239. The predicted octanol–water partition coefficient (Wildman–Crippen LogP) is -0.169. The van der Waals surface area contributed by atoms with Crippen LogP contribution in [0.3, 0.4) is 0 Å². The van der Waals surface area contributed by atoms with Crippen molar-refractivity contribution in [3.63, 3.8) is 0 Å². The Balaban J connectivity index is 2.26. The monoisotopic (exact) mass is 215 g/mol. The van der Waals surface area contributed by atoms with E-state index in [0.717, 1.165) is 11.7 Å². The molecule has 76 valence electrons. The van der Waals surface area contributed by atoms with Crippen LogP contribution in [0.2, 0.25) is 0 Å². The average Bonchev–Trinajstić information content (AvgIpc) is 2.70. The lowest BCUT2D eigenvalue weighted by Crippen LogP contribution is -2.26. The maximum Gasteiger partial charge on any atom is 0.307 e. The molecule has 1 rings (SSSR count). The zero-order chi connectivity index (χ0) is 10.4. The van der Waals surface area contributed by atoms with E-state index in [2.05, 4.69) is 18.8 Å². The molecule has 0 bridgehead atoms. The normalized spacial score (nSPS) is 9.50. The Morgan fingerprint density at radius 2 is 2.43 bits per heavy atom. The van der Waals surface area contributed by atoms with Gasteiger partial charge in [0.05, 0.1) is 31.5 Å². The third kappa shape index (κ3) is 3.09. The highest BCUT2D eigenvalue weighted by atomic mass is 32.1. The van der Waals surface area contributed by atoms with E-state index >= 15 is 0 Å². The number of rotatable bonds is 4. The van der Waals surface area contributed by atoms with Crippen LogP contribution in [-0.4, -0.2) is 34.3 Å². The zero-order valence-electron chi connectivity index (χ0n) is 7.52. The minimum Gasteiger partial charge on any atom is -0.469 e. The number of methoxy groups -OCH3 is 1. The van der Waals surface area contributed by atoms with E-state index in [0.29, 0.717) is 0 Å². The molecule has 0 atom stereocenters. The fourth-order valence-electron chi connectivity index (χ4n) is 0.735. The van der Waals surface area contributed by atoms with Crippen molar-refractivity contribution in [1.29, 1.82) is 0 Å².